The summed E-state index contributed by atoms with van der Waals surface area (Å²) in [7, 11) is 0. The Morgan fingerprint density at radius 3 is 2.07 bits per heavy atom. The molecule has 15 heavy (non-hydrogen) atoms. The molecule has 1 atom stereocenters. The van der Waals surface area contributed by atoms with Crippen LogP contribution in [0.4, 0.5) is 0 Å². The Balaban J connectivity index is 2.33. The van der Waals surface area contributed by atoms with Crippen molar-refractivity contribution < 1.29 is 9.59 Å². The summed E-state index contributed by atoms with van der Waals surface area (Å²) in [5, 5.41) is 0. The van der Waals surface area contributed by atoms with Crippen LogP contribution >= 0.6 is 0 Å². The van der Waals surface area contributed by atoms with Gasteiger partial charge in [0.1, 0.15) is 0 Å². The fourth-order valence-electron chi connectivity index (χ4n) is 1.85. The molecule has 0 radical (unpaired) electrons. The van der Waals surface area contributed by atoms with Gasteiger partial charge in [-0.05, 0) is 18.3 Å². The molecule has 0 aromatic rings. The van der Waals surface area contributed by atoms with Crippen molar-refractivity contribution in [2.75, 3.05) is 6.54 Å². The molecule has 0 bridgehead atoms. The van der Waals surface area contributed by atoms with Crippen LogP contribution in [0.1, 0.15) is 46.5 Å². The molecule has 0 N–H and O–H groups in total. The van der Waals surface area contributed by atoms with E-state index in [0.717, 1.165) is 12.8 Å². The van der Waals surface area contributed by atoms with E-state index in [1.54, 1.807) is 0 Å². The van der Waals surface area contributed by atoms with Gasteiger partial charge in [-0.2, -0.15) is 0 Å². The van der Waals surface area contributed by atoms with Crippen molar-refractivity contribution in [3.8, 4) is 0 Å². The second-order valence-electron chi connectivity index (χ2n) is 4.97. The second kappa shape index (κ2) is 5.29. The highest BCUT2D eigenvalue weighted by Crippen LogP contribution is 2.17. The predicted octanol–water partition coefficient (Wildman–Crippen LogP) is 2.21. The number of rotatable bonds is 5. The molecule has 0 saturated carbocycles. The maximum atomic E-state index is 11.4. The Labute approximate surface area is 91.8 Å². The Hall–Kier alpha value is -0.860. The van der Waals surface area contributed by atoms with Gasteiger partial charge in [-0.1, -0.05) is 27.2 Å². The Morgan fingerprint density at radius 1 is 1.07 bits per heavy atom. The summed E-state index contributed by atoms with van der Waals surface area (Å²) in [6.45, 7) is 7.11. The summed E-state index contributed by atoms with van der Waals surface area (Å²) < 4.78 is 0. The third-order valence-corrected chi connectivity index (χ3v) is 2.89. The summed E-state index contributed by atoms with van der Waals surface area (Å²) in [6.07, 6.45) is 3.08. The molecular formula is C12H21NO2. The molecule has 2 amide bonds. The van der Waals surface area contributed by atoms with E-state index < -0.39 is 0 Å². The third kappa shape index (κ3) is 3.65. The number of amides is 2. The maximum Gasteiger partial charge on any atom is 0.229 e. The molecule has 1 aliphatic heterocycles. The average Bonchev–Trinajstić information content (AvgIpc) is 2.46. The van der Waals surface area contributed by atoms with Crippen molar-refractivity contribution in [1.29, 1.82) is 0 Å². The molecule has 1 rings (SSSR count). The lowest BCUT2D eigenvalue weighted by Gasteiger charge is -2.19. The van der Waals surface area contributed by atoms with Crippen molar-refractivity contribution in [2.45, 2.75) is 46.5 Å². The number of likely N-dealkylation sites (tertiary alicyclic amines) is 1. The molecule has 0 aromatic carbocycles. The van der Waals surface area contributed by atoms with Gasteiger partial charge >= 0.3 is 0 Å². The normalized spacial score (nSPS) is 19.1. The first-order valence-electron chi connectivity index (χ1n) is 5.84. The zero-order valence-electron chi connectivity index (χ0n) is 9.95. The minimum absolute atomic E-state index is 0.0106. The van der Waals surface area contributed by atoms with E-state index in [-0.39, 0.29) is 11.8 Å². The molecule has 86 valence electrons. The molecule has 1 heterocycles. The Bertz CT molecular complexity index is 232. The first kappa shape index (κ1) is 12.2. The fourth-order valence-corrected chi connectivity index (χ4v) is 1.85. The first-order chi connectivity index (χ1) is 7.00. The van der Waals surface area contributed by atoms with Crippen LogP contribution in [0.3, 0.4) is 0 Å². The standard InChI is InChI=1S/C12H21NO2/c1-9(2)4-5-10(3)8-13-11(14)6-7-12(13)15/h9-10H,4-8H2,1-3H3. The summed E-state index contributed by atoms with van der Waals surface area (Å²) in [6, 6.07) is 0. The number of nitrogens with zero attached hydrogens (tertiary/aromatic N) is 1. The summed E-state index contributed by atoms with van der Waals surface area (Å²) >= 11 is 0. The van der Waals surface area contributed by atoms with Gasteiger partial charge in [-0.15, -0.1) is 0 Å². The number of carbonyl (C=O) groups excluding carboxylic acids is 2. The minimum Gasteiger partial charge on any atom is -0.282 e. The van der Waals surface area contributed by atoms with Crippen LogP contribution in [0.25, 0.3) is 0 Å². The molecule has 1 saturated heterocycles. The van der Waals surface area contributed by atoms with E-state index >= 15 is 0 Å². The number of imide groups is 1. The van der Waals surface area contributed by atoms with E-state index in [1.807, 2.05) is 0 Å². The van der Waals surface area contributed by atoms with E-state index in [1.165, 1.54) is 4.90 Å². The van der Waals surface area contributed by atoms with Crippen molar-refractivity contribution in [2.24, 2.45) is 11.8 Å². The lowest BCUT2D eigenvalue weighted by atomic mass is 9.99. The van der Waals surface area contributed by atoms with E-state index in [9.17, 15) is 9.59 Å². The van der Waals surface area contributed by atoms with Crippen LogP contribution in [0.5, 0.6) is 0 Å². The molecule has 1 fully saturated rings. The van der Waals surface area contributed by atoms with Crippen LogP contribution in [0.15, 0.2) is 0 Å². The van der Waals surface area contributed by atoms with Crippen molar-refractivity contribution in [3.05, 3.63) is 0 Å². The van der Waals surface area contributed by atoms with Gasteiger partial charge in [-0.3, -0.25) is 14.5 Å². The smallest absolute Gasteiger partial charge is 0.229 e. The summed E-state index contributed by atoms with van der Waals surface area (Å²) in [4.78, 5) is 24.2. The van der Waals surface area contributed by atoms with Crippen LogP contribution < -0.4 is 0 Å². The molecule has 1 aliphatic rings. The zero-order chi connectivity index (χ0) is 11.4. The lowest BCUT2D eigenvalue weighted by Crippen LogP contribution is -2.33. The van der Waals surface area contributed by atoms with Gasteiger partial charge in [0.2, 0.25) is 11.8 Å². The van der Waals surface area contributed by atoms with Crippen LogP contribution in [0.2, 0.25) is 0 Å². The van der Waals surface area contributed by atoms with Crippen molar-refractivity contribution in [3.63, 3.8) is 0 Å². The molecule has 3 heteroatoms. The fraction of sp³-hybridized carbons (Fsp3) is 0.833. The van der Waals surface area contributed by atoms with Gasteiger partial charge in [0, 0.05) is 19.4 Å². The minimum atomic E-state index is 0.0106. The second-order valence-corrected chi connectivity index (χ2v) is 4.97. The maximum absolute atomic E-state index is 11.4. The molecular weight excluding hydrogens is 190 g/mol. The predicted molar refractivity (Wildman–Crippen MR) is 59.2 cm³/mol. The Morgan fingerprint density at radius 2 is 1.60 bits per heavy atom. The molecule has 0 spiro atoms. The first-order valence-corrected chi connectivity index (χ1v) is 5.84. The SMILES string of the molecule is CC(C)CCC(C)CN1C(=O)CCC1=O. The third-order valence-electron chi connectivity index (χ3n) is 2.89. The van der Waals surface area contributed by atoms with Crippen molar-refractivity contribution in [1.82, 2.24) is 4.90 Å². The van der Waals surface area contributed by atoms with E-state index in [4.69, 9.17) is 0 Å². The van der Waals surface area contributed by atoms with Crippen LogP contribution in [-0.2, 0) is 9.59 Å². The highest BCUT2D eigenvalue weighted by Gasteiger charge is 2.29. The van der Waals surface area contributed by atoms with Gasteiger partial charge < -0.3 is 0 Å². The lowest BCUT2D eigenvalue weighted by molar-refractivity contribution is -0.139. The van der Waals surface area contributed by atoms with Crippen LogP contribution in [0, 0.1) is 11.8 Å². The monoisotopic (exact) mass is 211 g/mol. The topological polar surface area (TPSA) is 37.4 Å². The molecule has 0 aliphatic carbocycles. The molecule has 0 aromatic heterocycles. The highest BCUT2D eigenvalue weighted by molar-refractivity contribution is 6.01. The van der Waals surface area contributed by atoms with Gasteiger partial charge in [-0.25, -0.2) is 0 Å². The highest BCUT2D eigenvalue weighted by atomic mass is 16.2. The van der Waals surface area contributed by atoms with Crippen LogP contribution in [-0.4, -0.2) is 23.3 Å². The van der Waals surface area contributed by atoms with E-state index in [2.05, 4.69) is 20.8 Å². The van der Waals surface area contributed by atoms with Gasteiger partial charge in [0.25, 0.3) is 0 Å². The average molecular weight is 211 g/mol. The number of carbonyl (C=O) groups is 2. The summed E-state index contributed by atoms with van der Waals surface area (Å²) in [5.41, 5.74) is 0. The van der Waals surface area contributed by atoms with Gasteiger partial charge in [0.15, 0.2) is 0 Å². The molecule has 3 nitrogen and oxygen atoms in total. The zero-order valence-corrected chi connectivity index (χ0v) is 9.95. The molecule has 1 unspecified atom stereocenters. The largest absolute Gasteiger partial charge is 0.282 e. The van der Waals surface area contributed by atoms with E-state index in [0.29, 0.717) is 31.2 Å². The number of hydrogen-bond donors (Lipinski definition) is 0. The quantitative estimate of drug-likeness (QED) is 0.654. The van der Waals surface area contributed by atoms with Gasteiger partial charge in [0.05, 0.1) is 0 Å². The number of hydrogen-bond acceptors (Lipinski definition) is 2. The van der Waals surface area contributed by atoms with Crippen molar-refractivity contribution >= 4 is 11.8 Å². The Kier molecular flexibility index (Phi) is 4.30. The summed E-state index contributed by atoms with van der Waals surface area (Å²) in [5.74, 6) is 1.14.